The van der Waals surface area contributed by atoms with Crippen molar-refractivity contribution in [3.05, 3.63) is 34.3 Å². The SMILES string of the molecule is CC(c1ccc(Br)cc1)C1(O)CC1. The number of benzene rings is 1. The quantitative estimate of drug-likeness (QED) is 0.843. The third-order valence-electron chi connectivity index (χ3n) is 2.94. The monoisotopic (exact) mass is 240 g/mol. The summed E-state index contributed by atoms with van der Waals surface area (Å²) in [5, 5.41) is 9.91. The van der Waals surface area contributed by atoms with Crippen molar-refractivity contribution >= 4 is 15.9 Å². The summed E-state index contributed by atoms with van der Waals surface area (Å²) in [6.07, 6.45) is 1.90. The van der Waals surface area contributed by atoms with E-state index in [0.717, 1.165) is 17.3 Å². The second-order valence-corrected chi connectivity index (χ2v) is 4.79. The molecule has 1 aromatic rings. The van der Waals surface area contributed by atoms with Gasteiger partial charge < -0.3 is 5.11 Å². The van der Waals surface area contributed by atoms with Crippen LogP contribution in [0.2, 0.25) is 0 Å². The van der Waals surface area contributed by atoms with E-state index in [2.05, 4.69) is 35.0 Å². The Morgan fingerprint density at radius 2 is 1.85 bits per heavy atom. The second-order valence-electron chi connectivity index (χ2n) is 3.88. The molecule has 70 valence electrons. The van der Waals surface area contributed by atoms with Gasteiger partial charge in [0.25, 0.3) is 0 Å². The molecule has 2 heteroatoms. The smallest absolute Gasteiger partial charge is 0.0715 e. The number of rotatable bonds is 2. The van der Waals surface area contributed by atoms with Gasteiger partial charge in [-0.1, -0.05) is 35.0 Å². The van der Waals surface area contributed by atoms with Crippen molar-refractivity contribution in [2.45, 2.75) is 31.3 Å². The average molecular weight is 241 g/mol. The molecule has 1 aromatic carbocycles. The highest BCUT2D eigenvalue weighted by Crippen LogP contribution is 2.46. The van der Waals surface area contributed by atoms with Crippen LogP contribution in [0.4, 0.5) is 0 Å². The minimum absolute atomic E-state index is 0.264. The van der Waals surface area contributed by atoms with E-state index in [4.69, 9.17) is 0 Å². The summed E-state index contributed by atoms with van der Waals surface area (Å²) in [6, 6.07) is 8.20. The van der Waals surface area contributed by atoms with E-state index in [-0.39, 0.29) is 5.92 Å². The van der Waals surface area contributed by atoms with Crippen LogP contribution in [0.3, 0.4) is 0 Å². The molecular weight excluding hydrogens is 228 g/mol. The molecule has 0 radical (unpaired) electrons. The summed E-state index contributed by atoms with van der Waals surface area (Å²) in [6.45, 7) is 2.09. The minimum atomic E-state index is -0.409. The van der Waals surface area contributed by atoms with Crippen LogP contribution in [0.5, 0.6) is 0 Å². The van der Waals surface area contributed by atoms with Crippen LogP contribution >= 0.6 is 15.9 Å². The third kappa shape index (κ3) is 1.79. The molecule has 1 fully saturated rings. The molecule has 0 heterocycles. The number of hydrogen-bond acceptors (Lipinski definition) is 1. The molecule has 0 aliphatic heterocycles. The van der Waals surface area contributed by atoms with E-state index >= 15 is 0 Å². The van der Waals surface area contributed by atoms with Crippen LogP contribution in [0.15, 0.2) is 28.7 Å². The standard InChI is InChI=1S/C11H13BrO/c1-8(11(13)6-7-11)9-2-4-10(12)5-3-9/h2-5,8,13H,6-7H2,1H3. The lowest BCUT2D eigenvalue weighted by atomic mass is 9.94. The number of aliphatic hydroxyl groups is 1. The van der Waals surface area contributed by atoms with Crippen LogP contribution in [0.25, 0.3) is 0 Å². The van der Waals surface area contributed by atoms with Crippen molar-refractivity contribution in [3.63, 3.8) is 0 Å². The Bertz CT molecular complexity index is 300. The number of halogens is 1. The maximum atomic E-state index is 9.91. The maximum absolute atomic E-state index is 9.91. The average Bonchev–Trinajstić information content (AvgIpc) is 2.85. The molecular formula is C11H13BrO. The third-order valence-corrected chi connectivity index (χ3v) is 3.47. The Kier molecular flexibility index (Phi) is 2.20. The lowest BCUT2D eigenvalue weighted by Gasteiger charge is -2.17. The van der Waals surface area contributed by atoms with Crippen molar-refractivity contribution in [2.24, 2.45) is 0 Å². The first-order chi connectivity index (χ1) is 6.12. The Morgan fingerprint density at radius 3 is 2.31 bits per heavy atom. The second kappa shape index (κ2) is 3.10. The molecule has 1 nitrogen and oxygen atoms in total. The molecule has 13 heavy (non-hydrogen) atoms. The van der Waals surface area contributed by atoms with E-state index in [1.807, 2.05) is 12.1 Å². The molecule has 0 aromatic heterocycles. The van der Waals surface area contributed by atoms with Crippen molar-refractivity contribution < 1.29 is 5.11 Å². The van der Waals surface area contributed by atoms with Crippen LogP contribution in [0, 0.1) is 0 Å². The predicted molar refractivity (Wildman–Crippen MR) is 56.7 cm³/mol. The molecule has 0 spiro atoms. The molecule has 2 rings (SSSR count). The molecule has 1 unspecified atom stereocenters. The summed E-state index contributed by atoms with van der Waals surface area (Å²) in [5.74, 6) is 0.264. The van der Waals surface area contributed by atoms with E-state index in [1.54, 1.807) is 0 Å². The lowest BCUT2D eigenvalue weighted by molar-refractivity contribution is 0.124. The van der Waals surface area contributed by atoms with Gasteiger partial charge in [-0.15, -0.1) is 0 Å². The van der Waals surface area contributed by atoms with Crippen molar-refractivity contribution in [2.75, 3.05) is 0 Å². The molecule has 0 saturated heterocycles. The Hall–Kier alpha value is -0.340. The van der Waals surface area contributed by atoms with Gasteiger partial charge in [-0.2, -0.15) is 0 Å². The van der Waals surface area contributed by atoms with Crippen LogP contribution in [-0.4, -0.2) is 10.7 Å². The van der Waals surface area contributed by atoms with Gasteiger partial charge in [0.1, 0.15) is 0 Å². The molecule has 1 saturated carbocycles. The topological polar surface area (TPSA) is 20.2 Å². The van der Waals surface area contributed by atoms with Gasteiger partial charge in [0.05, 0.1) is 5.60 Å². The largest absolute Gasteiger partial charge is 0.389 e. The Morgan fingerprint density at radius 1 is 1.31 bits per heavy atom. The van der Waals surface area contributed by atoms with Crippen LogP contribution < -0.4 is 0 Å². The van der Waals surface area contributed by atoms with Crippen molar-refractivity contribution in [1.82, 2.24) is 0 Å². The molecule has 0 amide bonds. The van der Waals surface area contributed by atoms with Gasteiger partial charge >= 0.3 is 0 Å². The van der Waals surface area contributed by atoms with Gasteiger partial charge in [-0.25, -0.2) is 0 Å². The fourth-order valence-corrected chi connectivity index (χ4v) is 1.89. The highest BCUT2D eigenvalue weighted by molar-refractivity contribution is 9.10. The van der Waals surface area contributed by atoms with Crippen LogP contribution in [-0.2, 0) is 0 Å². The molecule has 0 bridgehead atoms. The minimum Gasteiger partial charge on any atom is -0.389 e. The summed E-state index contributed by atoms with van der Waals surface area (Å²) >= 11 is 3.40. The van der Waals surface area contributed by atoms with E-state index in [1.165, 1.54) is 5.56 Å². The molecule has 1 aliphatic rings. The Labute approximate surface area is 86.9 Å². The highest BCUT2D eigenvalue weighted by Gasteiger charge is 2.45. The molecule has 1 atom stereocenters. The molecule has 1 aliphatic carbocycles. The van der Waals surface area contributed by atoms with E-state index in [9.17, 15) is 5.11 Å². The predicted octanol–water partition coefficient (Wildman–Crippen LogP) is 3.08. The lowest BCUT2D eigenvalue weighted by Crippen LogP contribution is -2.16. The molecule has 1 N–H and O–H groups in total. The fraction of sp³-hybridized carbons (Fsp3) is 0.455. The first kappa shape index (κ1) is 9.22. The first-order valence-electron chi connectivity index (χ1n) is 4.60. The maximum Gasteiger partial charge on any atom is 0.0715 e. The zero-order chi connectivity index (χ0) is 9.47. The Balaban J connectivity index is 2.20. The fourth-order valence-electron chi connectivity index (χ4n) is 1.62. The first-order valence-corrected chi connectivity index (χ1v) is 5.39. The van der Waals surface area contributed by atoms with Crippen molar-refractivity contribution in [3.8, 4) is 0 Å². The summed E-state index contributed by atoms with van der Waals surface area (Å²) < 4.78 is 1.09. The van der Waals surface area contributed by atoms with E-state index < -0.39 is 5.60 Å². The van der Waals surface area contributed by atoms with Gasteiger partial charge in [0, 0.05) is 10.4 Å². The zero-order valence-electron chi connectivity index (χ0n) is 7.63. The highest BCUT2D eigenvalue weighted by atomic mass is 79.9. The zero-order valence-corrected chi connectivity index (χ0v) is 9.21. The van der Waals surface area contributed by atoms with Gasteiger partial charge in [0.15, 0.2) is 0 Å². The van der Waals surface area contributed by atoms with Crippen LogP contribution in [0.1, 0.15) is 31.2 Å². The van der Waals surface area contributed by atoms with Gasteiger partial charge in [0.2, 0.25) is 0 Å². The number of hydrogen-bond donors (Lipinski definition) is 1. The summed E-state index contributed by atoms with van der Waals surface area (Å²) in [4.78, 5) is 0. The van der Waals surface area contributed by atoms with Crippen molar-refractivity contribution in [1.29, 1.82) is 0 Å². The summed E-state index contributed by atoms with van der Waals surface area (Å²) in [7, 11) is 0. The van der Waals surface area contributed by atoms with E-state index in [0.29, 0.717) is 0 Å². The normalized spacial score (nSPS) is 21.2. The van der Waals surface area contributed by atoms with Gasteiger partial charge in [-0.05, 0) is 30.5 Å². The summed E-state index contributed by atoms with van der Waals surface area (Å²) in [5.41, 5.74) is 0.816. The van der Waals surface area contributed by atoms with Gasteiger partial charge in [-0.3, -0.25) is 0 Å².